The number of rotatable bonds is 4. The molecule has 0 aliphatic rings. The average Bonchev–Trinajstić information content (AvgIpc) is 2.90. The van der Waals surface area contributed by atoms with Crippen LogP contribution in [0.15, 0.2) is 36.7 Å². The Bertz CT molecular complexity index is 587. The van der Waals surface area contributed by atoms with Gasteiger partial charge in [-0.3, -0.25) is 9.89 Å². The number of carbonyl (C=O) groups is 1. The number of amides is 1. The molecule has 1 heterocycles. The lowest BCUT2D eigenvalue weighted by Gasteiger charge is -2.06. The highest BCUT2D eigenvalue weighted by atomic mass is 16.1. The molecule has 2 aromatic rings. The van der Waals surface area contributed by atoms with Crippen molar-refractivity contribution in [3.63, 3.8) is 0 Å². The van der Waals surface area contributed by atoms with Crippen molar-refractivity contribution in [3.05, 3.63) is 53.6 Å². The fourth-order valence-corrected chi connectivity index (χ4v) is 1.83. The van der Waals surface area contributed by atoms with Gasteiger partial charge < -0.3 is 5.32 Å². The van der Waals surface area contributed by atoms with Crippen LogP contribution >= 0.6 is 0 Å². The Balaban J connectivity index is 2.00. The Hall–Kier alpha value is -2.43. The number of hydrogen-bond acceptors (Lipinski definition) is 3. The molecule has 1 amide bonds. The third-order valence-electron chi connectivity index (χ3n) is 2.81. The van der Waals surface area contributed by atoms with E-state index in [0.29, 0.717) is 12.4 Å². The molecule has 98 valence electrons. The quantitative estimate of drug-likeness (QED) is 0.820. The summed E-state index contributed by atoms with van der Waals surface area (Å²) in [5.41, 5.74) is 3.17. The Kier molecular flexibility index (Phi) is 4.07. The lowest BCUT2D eigenvalue weighted by Crippen LogP contribution is -2.21. The number of H-pyrrole nitrogens is 1. The molecular formula is C14H16N4O. The third kappa shape index (κ3) is 3.51. The van der Waals surface area contributed by atoms with E-state index >= 15 is 0 Å². The summed E-state index contributed by atoms with van der Waals surface area (Å²) in [5, 5.41) is 9.16. The fourth-order valence-electron chi connectivity index (χ4n) is 1.83. The number of carbonyl (C=O) groups excluding carboxylic acids is 1. The molecule has 0 radical (unpaired) electrons. The molecule has 0 aliphatic carbocycles. The maximum Gasteiger partial charge on any atom is 0.244 e. The molecule has 5 heteroatoms. The zero-order chi connectivity index (χ0) is 13.7. The number of nitrogens with zero attached hydrogens (tertiary/aromatic N) is 2. The van der Waals surface area contributed by atoms with E-state index in [0.717, 1.165) is 16.7 Å². The van der Waals surface area contributed by atoms with Gasteiger partial charge in [-0.2, -0.15) is 5.10 Å². The summed E-state index contributed by atoms with van der Waals surface area (Å²) in [4.78, 5) is 15.7. The first-order chi connectivity index (χ1) is 9.16. The van der Waals surface area contributed by atoms with Crippen molar-refractivity contribution in [2.45, 2.75) is 20.4 Å². The summed E-state index contributed by atoms with van der Waals surface area (Å²) >= 11 is 0. The molecular weight excluding hydrogens is 240 g/mol. The first kappa shape index (κ1) is 13.0. The summed E-state index contributed by atoms with van der Waals surface area (Å²) in [6.07, 6.45) is 3.01. The summed E-state index contributed by atoms with van der Waals surface area (Å²) < 4.78 is 0. The highest BCUT2D eigenvalue weighted by Crippen LogP contribution is 2.17. The maximum absolute atomic E-state index is 11.8. The molecule has 0 fully saturated rings. The van der Waals surface area contributed by atoms with Gasteiger partial charge in [0.15, 0.2) is 0 Å². The normalized spacial score (nSPS) is 11.4. The average molecular weight is 256 g/mol. The van der Waals surface area contributed by atoms with E-state index in [1.54, 1.807) is 6.08 Å². The van der Waals surface area contributed by atoms with Crippen LogP contribution in [0.4, 0.5) is 0 Å². The number of allylic oxidation sites excluding steroid dienone is 1. The summed E-state index contributed by atoms with van der Waals surface area (Å²) in [6.45, 7) is 4.30. The van der Waals surface area contributed by atoms with Crippen molar-refractivity contribution < 1.29 is 4.79 Å². The summed E-state index contributed by atoms with van der Waals surface area (Å²) in [5.74, 6) is 0.493. The van der Waals surface area contributed by atoms with Crippen LogP contribution in [-0.2, 0) is 11.3 Å². The predicted octanol–water partition coefficient (Wildman–Crippen LogP) is 1.83. The van der Waals surface area contributed by atoms with Crippen LogP contribution in [0.25, 0.3) is 5.57 Å². The Labute approximate surface area is 111 Å². The second-order valence-corrected chi connectivity index (χ2v) is 4.29. The second kappa shape index (κ2) is 5.95. The van der Waals surface area contributed by atoms with E-state index in [-0.39, 0.29) is 5.91 Å². The molecule has 1 aromatic carbocycles. The molecule has 0 atom stereocenters. The van der Waals surface area contributed by atoms with E-state index in [1.165, 1.54) is 6.33 Å². The number of hydrogen-bond donors (Lipinski definition) is 2. The van der Waals surface area contributed by atoms with Gasteiger partial charge in [-0.1, -0.05) is 24.3 Å². The zero-order valence-corrected chi connectivity index (χ0v) is 11.0. The Morgan fingerprint density at radius 2 is 2.21 bits per heavy atom. The van der Waals surface area contributed by atoms with Gasteiger partial charge >= 0.3 is 0 Å². The van der Waals surface area contributed by atoms with Crippen LogP contribution in [-0.4, -0.2) is 21.1 Å². The van der Waals surface area contributed by atoms with Gasteiger partial charge in [-0.25, -0.2) is 4.98 Å². The van der Waals surface area contributed by atoms with Crippen LogP contribution in [0.2, 0.25) is 0 Å². The highest BCUT2D eigenvalue weighted by molar-refractivity contribution is 5.95. The van der Waals surface area contributed by atoms with Gasteiger partial charge in [0.2, 0.25) is 5.91 Å². The van der Waals surface area contributed by atoms with Crippen molar-refractivity contribution in [3.8, 4) is 0 Å². The van der Waals surface area contributed by atoms with E-state index in [9.17, 15) is 4.79 Å². The van der Waals surface area contributed by atoms with Gasteiger partial charge in [0.25, 0.3) is 0 Å². The van der Waals surface area contributed by atoms with Gasteiger partial charge in [-0.15, -0.1) is 0 Å². The minimum atomic E-state index is -0.142. The lowest BCUT2D eigenvalue weighted by molar-refractivity contribution is -0.116. The van der Waals surface area contributed by atoms with Gasteiger partial charge in [-0.05, 0) is 30.5 Å². The van der Waals surface area contributed by atoms with E-state index in [2.05, 4.69) is 20.5 Å². The number of aryl methyl sites for hydroxylation is 1. The molecule has 1 aromatic heterocycles. The third-order valence-corrected chi connectivity index (χ3v) is 2.81. The largest absolute Gasteiger partial charge is 0.345 e. The molecule has 0 saturated carbocycles. The van der Waals surface area contributed by atoms with E-state index in [1.807, 2.05) is 38.1 Å². The molecule has 5 nitrogen and oxygen atoms in total. The molecule has 2 N–H and O–H groups in total. The van der Waals surface area contributed by atoms with Crippen LogP contribution < -0.4 is 5.32 Å². The maximum atomic E-state index is 11.8. The SMILES string of the molecule is CC(=CC(=O)NCc1ncn[nH]1)c1ccccc1C. The number of benzene rings is 1. The zero-order valence-electron chi connectivity index (χ0n) is 11.0. The van der Waals surface area contributed by atoms with Crippen molar-refractivity contribution in [2.24, 2.45) is 0 Å². The smallest absolute Gasteiger partial charge is 0.244 e. The number of aromatic nitrogens is 3. The molecule has 0 aliphatic heterocycles. The topological polar surface area (TPSA) is 70.7 Å². The predicted molar refractivity (Wildman–Crippen MR) is 73.1 cm³/mol. The summed E-state index contributed by atoms with van der Waals surface area (Å²) in [7, 11) is 0. The highest BCUT2D eigenvalue weighted by Gasteiger charge is 2.03. The minimum Gasteiger partial charge on any atom is -0.345 e. The minimum absolute atomic E-state index is 0.142. The van der Waals surface area contributed by atoms with Gasteiger partial charge in [0.1, 0.15) is 12.2 Å². The van der Waals surface area contributed by atoms with Crippen LogP contribution in [0.1, 0.15) is 23.9 Å². The lowest BCUT2D eigenvalue weighted by atomic mass is 10.0. The first-order valence-corrected chi connectivity index (χ1v) is 6.03. The van der Waals surface area contributed by atoms with Crippen molar-refractivity contribution in [2.75, 3.05) is 0 Å². The van der Waals surface area contributed by atoms with Crippen molar-refractivity contribution in [1.29, 1.82) is 0 Å². The van der Waals surface area contributed by atoms with E-state index in [4.69, 9.17) is 0 Å². The first-order valence-electron chi connectivity index (χ1n) is 6.03. The molecule has 0 unspecified atom stereocenters. The van der Waals surface area contributed by atoms with Crippen molar-refractivity contribution in [1.82, 2.24) is 20.5 Å². The fraction of sp³-hybridized carbons (Fsp3) is 0.214. The van der Waals surface area contributed by atoms with Crippen molar-refractivity contribution >= 4 is 11.5 Å². The Morgan fingerprint density at radius 3 is 2.89 bits per heavy atom. The monoisotopic (exact) mass is 256 g/mol. The molecule has 19 heavy (non-hydrogen) atoms. The van der Waals surface area contributed by atoms with Gasteiger partial charge in [0, 0.05) is 6.08 Å². The number of aromatic amines is 1. The van der Waals surface area contributed by atoms with E-state index < -0.39 is 0 Å². The molecule has 0 saturated heterocycles. The molecule has 0 spiro atoms. The number of nitrogens with one attached hydrogen (secondary N) is 2. The summed E-state index contributed by atoms with van der Waals surface area (Å²) in [6, 6.07) is 7.98. The van der Waals surface area contributed by atoms with Crippen LogP contribution in [0, 0.1) is 6.92 Å². The van der Waals surface area contributed by atoms with Crippen LogP contribution in [0.5, 0.6) is 0 Å². The standard InChI is InChI=1S/C14H16N4O/c1-10-5-3-4-6-12(10)11(2)7-14(19)15-8-13-16-9-17-18-13/h3-7,9H,8H2,1-2H3,(H,15,19)(H,16,17,18). The second-order valence-electron chi connectivity index (χ2n) is 4.29. The van der Waals surface area contributed by atoms with Gasteiger partial charge in [0.05, 0.1) is 6.54 Å². The molecule has 2 rings (SSSR count). The Morgan fingerprint density at radius 1 is 1.42 bits per heavy atom. The van der Waals surface area contributed by atoms with Crippen LogP contribution in [0.3, 0.4) is 0 Å². The molecule has 0 bridgehead atoms.